The first-order valence-corrected chi connectivity index (χ1v) is 13.7. The third kappa shape index (κ3) is 5.09. The number of thiazole rings is 1. The highest BCUT2D eigenvalue weighted by atomic mass is 79.9. The minimum Gasteiger partial charge on any atom is -0.497 e. The van der Waals surface area contributed by atoms with Crippen LogP contribution in [0.2, 0.25) is 0 Å². The average molecular weight is 609 g/mol. The molecule has 10 heteroatoms. The van der Waals surface area contributed by atoms with Gasteiger partial charge in [0, 0.05) is 27.7 Å². The molecule has 0 aliphatic carbocycles. The second-order valence-electron chi connectivity index (χ2n) is 8.62. The molecule has 0 bridgehead atoms. The van der Waals surface area contributed by atoms with Crippen molar-refractivity contribution in [1.82, 2.24) is 4.57 Å². The van der Waals surface area contributed by atoms with E-state index in [-0.39, 0.29) is 17.7 Å². The molecule has 3 heterocycles. The molecule has 39 heavy (non-hydrogen) atoms. The predicted octanol–water partition coefficient (Wildman–Crippen LogP) is 4.84. The fraction of sp³-hybridized carbons (Fsp3) is 0.207. The van der Waals surface area contributed by atoms with Gasteiger partial charge in [-0.1, -0.05) is 39.4 Å². The van der Waals surface area contributed by atoms with E-state index in [1.54, 1.807) is 45.2 Å². The molecule has 0 radical (unpaired) electrons. The van der Waals surface area contributed by atoms with Gasteiger partial charge in [-0.15, -0.1) is 0 Å². The number of allylic oxidation sites excluding steroid dienone is 1. The van der Waals surface area contributed by atoms with Crippen molar-refractivity contribution >= 4 is 39.3 Å². The molecule has 0 saturated heterocycles. The van der Waals surface area contributed by atoms with Gasteiger partial charge in [-0.3, -0.25) is 9.36 Å². The molecule has 8 nitrogen and oxygen atoms in total. The van der Waals surface area contributed by atoms with E-state index in [2.05, 4.69) is 20.9 Å². The lowest BCUT2D eigenvalue weighted by molar-refractivity contribution is -0.139. The average Bonchev–Trinajstić information content (AvgIpc) is 3.52. The molecule has 2 aromatic carbocycles. The van der Waals surface area contributed by atoms with Crippen LogP contribution in [0.3, 0.4) is 0 Å². The fourth-order valence-electron chi connectivity index (χ4n) is 4.49. The standard InChI is InChI=1S/C29H25BrN2O6S/c1-5-37-28(34)25-16(2)31-29-32(26(25)21-11-9-19(35-3)14-23(21)36-4)27(33)24(39-29)15-20-10-12-22(38-20)17-7-6-8-18(30)13-17/h6-15,26H,5H2,1-4H3/b24-15-/t26-/m1/s1. The highest BCUT2D eigenvalue weighted by molar-refractivity contribution is 9.10. The number of nitrogens with zero attached hydrogens (tertiary/aromatic N) is 2. The first-order chi connectivity index (χ1) is 18.8. The number of benzene rings is 2. The number of rotatable bonds is 7. The Kier molecular flexibility index (Phi) is 7.58. The number of furan rings is 1. The van der Waals surface area contributed by atoms with Crippen molar-refractivity contribution in [2.24, 2.45) is 4.99 Å². The van der Waals surface area contributed by atoms with Gasteiger partial charge >= 0.3 is 5.97 Å². The van der Waals surface area contributed by atoms with Gasteiger partial charge < -0.3 is 18.6 Å². The highest BCUT2D eigenvalue weighted by Crippen LogP contribution is 2.37. The molecule has 5 rings (SSSR count). The zero-order chi connectivity index (χ0) is 27.7. The summed E-state index contributed by atoms with van der Waals surface area (Å²) in [6, 6.07) is 15.9. The predicted molar refractivity (Wildman–Crippen MR) is 152 cm³/mol. The quantitative estimate of drug-likeness (QED) is 0.279. The van der Waals surface area contributed by atoms with Gasteiger partial charge in [0.1, 0.15) is 29.1 Å². The summed E-state index contributed by atoms with van der Waals surface area (Å²) in [5.74, 6) is 1.71. The third-order valence-electron chi connectivity index (χ3n) is 6.26. The molecule has 0 spiro atoms. The Morgan fingerprint density at radius 2 is 1.97 bits per heavy atom. The number of aromatic nitrogens is 1. The molecular formula is C29H25BrN2O6S. The van der Waals surface area contributed by atoms with Crippen LogP contribution in [0.5, 0.6) is 11.5 Å². The van der Waals surface area contributed by atoms with Gasteiger partial charge in [-0.25, -0.2) is 9.79 Å². The summed E-state index contributed by atoms with van der Waals surface area (Å²) in [5.41, 5.74) is 1.95. The molecule has 0 fully saturated rings. The molecule has 0 N–H and O–H groups in total. The number of methoxy groups -OCH3 is 2. The molecule has 0 unspecified atom stereocenters. The summed E-state index contributed by atoms with van der Waals surface area (Å²) in [4.78, 5) is 32.1. The zero-order valence-electron chi connectivity index (χ0n) is 21.7. The summed E-state index contributed by atoms with van der Waals surface area (Å²) >= 11 is 4.70. The van der Waals surface area contributed by atoms with Gasteiger partial charge in [0.15, 0.2) is 4.80 Å². The lowest BCUT2D eigenvalue weighted by Crippen LogP contribution is -2.40. The maximum Gasteiger partial charge on any atom is 0.338 e. The smallest absolute Gasteiger partial charge is 0.338 e. The summed E-state index contributed by atoms with van der Waals surface area (Å²) < 4.78 is 25.3. The van der Waals surface area contributed by atoms with Crippen molar-refractivity contribution in [3.8, 4) is 22.8 Å². The normalized spacial score (nSPS) is 15.1. The first-order valence-electron chi connectivity index (χ1n) is 12.1. The number of fused-ring (bicyclic) bond motifs is 1. The van der Waals surface area contributed by atoms with Crippen molar-refractivity contribution in [1.29, 1.82) is 0 Å². The van der Waals surface area contributed by atoms with E-state index in [1.807, 2.05) is 36.4 Å². The number of hydrogen-bond donors (Lipinski definition) is 0. The maximum atomic E-state index is 13.9. The second-order valence-corrected chi connectivity index (χ2v) is 10.5. The first kappa shape index (κ1) is 26.7. The van der Waals surface area contributed by atoms with Gasteiger partial charge in [0.05, 0.1) is 36.6 Å². The van der Waals surface area contributed by atoms with E-state index in [4.69, 9.17) is 18.6 Å². The second kappa shape index (κ2) is 11.1. The Balaban J connectivity index is 1.67. The Hall–Kier alpha value is -3.89. The molecule has 1 aliphatic rings. The molecule has 1 aliphatic heterocycles. The molecule has 1 atom stereocenters. The van der Waals surface area contributed by atoms with Crippen molar-refractivity contribution in [3.05, 3.63) is 101 Å². The topological polar surface area (TPSA) is 92.3 Å². The number of halogens is 1. The van der Waals surface area contributed by atoms with Crippen LogP contribution >= 0.6 is 27.3 Å². The third-order valence-corrected chi connectivity index (χ3v) is 7.74. The van der Waals surface area contributed by atoms with E-state index < -0.39 is 12.0 Å². The molecule has 200 valence electrons. The maximum absolute atomic E-state index is 13.9. The van der Waals surface area contributed by atoms with E-state index >= 15 is 0 Å². The monoisotopic (exact) mass is 608 g/mol. The van der Waals surface area contributed by atoms with Gasteiger partial charge in [0.25, 0.3) is 5.56 Å². The van der Waals surface area contributed by atoms with Gasteiger partial charge in [-0.2, -0.15) is 0 Å². The van der Waals surface area contributed by atoms with Crippen molar-refractivity contribution in [2.45, 2.75) is 19.9 Å². The lowest BCUT2D eigenvalue weighted by atomic mass is 9.95. The van der Waals surface area contributed by atoms with E-state index in [9.17, 15) is 9.59 Å². The van der Waals surface area contributed by atoms with Crippen LogP contribution in [0.15, 0.2) is 84.5 Å². The largest absolute Gasteiger partial charge is 0.497 e. The molecular weight excluding hydrogens is 584 g/mol. The molecule has 0 saturated carbocycles. The fourth-order valence-corrected chi connectivity index (χ4v) is 5.91. The Morgan fingerprint density at radius 1 is 1.15 bits per heavy atom. The number of ether oxygens (including phenoxy) is 3. The van der Waals surface area contributed by atoms with Crippen LogP contribution in [0.4, 0.5) is 0 Å². The van der Waals surface area contributed by atoms with E-state index in [0.29, 0.717) is 43.6 Å². The number of carbonyl (C=O) groups is 1. The molecule has 0 amide bonds. The van der Waals surface area contributed by atoms with Crippen LogP contribution in [0, 0.1) is 0 Å². The lowest BCUT2D eigenvalue weighted by Gasteiger charge is -2.26. The Bertz CT molecular complexity index is 1780. The van der Waals surface area contributed by atoms with Gasteiger partial charge in [0.2, 0.25) is 0 Å². The van der Waals surface area contributed by atoms with Crippen LogP contribution in [-0.4, -0.2) is 31.4 Å². The number of carbonyl (C=O) groups excluding carboxylic acids is 1. The summed E-state index contributed by atoms with van der Waals surface area (Å²) in [5, 5.41) is 0. The summed E-state index contributed by atoms with van der Waals surface area (Å²) in [7, 11) is 3.09. The minimum absolute atomic E-state index is 0.186. The van der Waals surface area contributed by atoms with Gasteiger partial charge in [-0.05, 0) is 50.2 Å². The summed E-state index contributed by atoms with van der Waals surface area (Å²) in [6.45, 7) is 3.66. The number of esters is 1. The Labute approximate surface area is 236 Å². The Morgan fingerprint density at radius 3 is 2.69 bits per heavy atom. The molecule has 4 aromatic rings. The van der Waals surface area contributed by atoms with Crippen LogP contribution in [-0.2, 0) is 9.53 Å². The molecule has 2 aromatic heterocycles. The minimum atomic E-state index is -0.808. The van der Waals surface area contributed by atoms with E-state index in [0.717, 1.165) is 10.0 Å². The number of hydrogen-bond acceptors (Lipinski definition) is 8. The van der Waals surface area contributed by atoms with Crippen LogP contribution < -0.4 is 24.4 Å². The highest BCUT2D eigenvalue weighted by Gasteiger charge is 2.35. The van der Waals surface area contributed by atoms with E-state index in [1.165, 1.54) is 23.0 Å². The van der Waals surface area contributed by atoms with Crippen molar-refractivity contribution in [2.75, 3.05) is 20.8 Å². The van der Waals surface area contributed by atoms with Crippen LogP contribution in [0.25, 0.3) is 17.4 Å². The zero-order valence-corrected chi connectivity index (χ0v) is 24.1. The van der Waals surface area contributed by atoms with Crippen molar-refractivity contribution in [3.63, 3.8) is 0 Å². The summed E-state index contributed by atoms with van der Waals surface area (Å²) in [6.07, 6.45) is 1.69. The van der Waals surface area contributed by atoms with Crippen LogP contribution in [0.1, 0.15) is 31.2 Å². The van der Waals surface area contributed by atoms with Crippen molar-refractivity contribution < 1.29 is 23.4 Å². The SMILES string of the molecule is CCOC(=O)C1=C(C)N=c2s/c(=C\c3ccc(-c4cccc(Br)c4)o3)c(=O)n2[C@@H]1c1ccc(OC)cc1OC.